The lowest BCUT2D eigenvalue weighted by molar-refractivity contribution is -0.118. The molecule has 2 aromatic rings. The summed E-state index contributed by atoms with van der Waals surface area (Å²) < 4.78 is 0. The Morgan fingerprint density at radius 3 is 2.19 bits per heavy atom. The molecule has 0 saturated heterocycles. The largest absolute Gasteiger partial charge is 0.378 e. The van der Waals surface area contributed by atoms with Gasteiger partial charge in [0.2, 0.25) is 5.91 Å². The van der Waals surface area contributed by atoms with Gasteiger partial charge in [-0.25, -0.2) is 0 Å². The summed E-state index contributed by atoms with van der Waals surface area (Å²) in [6.45, 7) is 5.78. The van der Waals surface area contributed by atoms with Gasteiger partial charge >= 0.3 is 0 Å². The molecule has 0 aliphatic rings. The maximum atomic E-state index is 12.8. The molecule has 0 saturated carbocycles. The van der Waals surface area contributed by atoms with Gasteiger partial charge in [0.25, 0.3) is 5.91 Å². The number of carbonyl (C=O) groups is 2. The van der Waals surface area contributed by atoms with Gasteiger partial charge < -0.3 is 15.5 Å². The molecule has 0 aliphatic heterocycles. The summed E-state index contributed by atoms with van der Waals surface area (Å²) in [5.74, 6) is -0.506. The summed E-state index contributed by atoms with van der Waals surface area (Å²) >= 11 is 0. The molecular formula is C21H27N3O2. The van der Waals surface area contributed by atoms with Crippen LogP contribution in [0.25, 0.3) is 0 Å². The van der Waals surface area contributed by atoms with Crippen LogP contribution in [0.5, 0.6) is 0 Å². The zero-order valence-electron chi connectivity index (χ0n) is 16.0. The first kappa shape index (κ1) is 19.5. The van der Waals surface area contributed by atoms with Gasteiger partial charge in [-0.05, 0) is 48.7 Å². The zero-order valence-corrected chi connectivity index (χ0v) is 16.0. The number of nitrogens with zero attached hydrogens (tertiary/aromatic N) is 1. The highest BCUT2D eigenvalue weighted by Gasteiger charge is 2.25. The number of anilines is 2. The maximum Gasteiger partial charge on any atom is 0.251 e. The minimum atomic E-state index is -0.615. The van der Waals surface area contributed by atoms with E-state index >= 15 is 0 Å². The second-order valence-corrected chi connectivity index (χ2v) is 6.94. The van der Waals surface area contributed by atoms with Gasteiger partial charge in [0.15, 0.2) is 0 Å². The van der Waals surface area contributed by atoms with E-state index in [9.17, 15) is 9.59 Å². The molecule has 0 aliphatic carbocycles. The highest BCUT2D eigenvalue weighted by Crippen LogP contribution is 2.22. The van der Waals surface area contributed by atoms with Crippen molar-refractivity contribution in [2.45, 2.75) is 26.8 Å². The Labute approximate surface area is 155 Å². The van der Waals surface area contributed by atoms with Gasteiger partial charge in [0.05, 0.1) is 0 Å². The first-order chi connectivity index (χ1) is 12.3. The van der Waals surface area contributed by atoms with E-state index in [-0.39, 0.29) is 17.7 Å². The summed E-state index contributed by atoms with van der Waals surface area (Å²) in [6.07, 6.45) is 0. The smallest absolute Gasteiger partial charge is 0.251 e. The molecule has 5 nitrogen and oxygen atoms in total. The average molecular weight is 353 g/mol. The topological polar surface area (TPSA) is 61.4 Å². The maximum absolute atomic E-state index is 12.8. The first-order valence-electron chi connectivity index (χ1n) is 8.74. The minimum absolute atomic E-state index is 0.0379. The van der Waals surface area contributed by atoms with Gasteiger partial charge in [-0.15, -0.1) is 0 Å². The van der Waals surface area contributed by atoms with Crippen LogP contribution in [0.3, 0.4) is 0 Å². The summed E-state index contributed by atoms with van der Waals surface area (Å²) in [5.41, 5.74) is 3.33. The monoisotopic (exact) mass is 353 g/mol. The third-order valence-electron chi connectivity index (χ3n) is 4.26. The Kier molecular flexibility index (Phi) is 6.39. The number of aryl methyl sites for hydroxylation is 1. The zero-order chi connectivity index (χ0) is 19.3. The van der Waals surface area contributed by atoms with Crippen LogP contribution in [0.4, 0.5) is 11.4 Å². The molecule has 5 heteroatoms. The van der Waals surface area contributed by atoms with Crippen molar-refractivity contribution in [2.24, 2.45) is 5.92 Å². The fraction of sp³-hybridized carbons (Fsp3) is 0.333. The molecular weight excluding hydrogens is 326 g/mol. The quantitative estimate of drug-likeness (QED) is 0.836. The third kappa shape index (κ3) is 4.85. The van der Waals surface area contributed by atoms with Crippen LogP contribution in [0.15, 0.2) is 48.5 Å². The van der Waals surface area contributed by atoms with Crippen molar-refractivity contribution in [3.63, 3.8) is 0 Å². The summed E-state index contributed by atoms with van der Waals surface area (Å²) in [5, 5.41) is 5.79. The lowest BCUT2D eigenvalue weighted by Crippen LogP contribution is -2.47. The fourth-order valence-corrected chi connectivity index (χ4v) is 2.63. The number of benzene rings is 2. The van der Waals surface area contributed by atoms with Crippen molar-refractivity contribution < 1.29 is 9.59 Å². The van der Waals surface area contributed by atoms with E-state index < -0.39 is 6.04 Å². The number of rotatable bonds is 6. The SMILES string of the molecule is Cc1cc(N(C)C)ccc1NC(=O)C(NC(=O)c1ccccc1)C(C)C. The van der Waals surface area contributed by atoms with Crippen molar-refractivity contribution in [1.29, 1.82) is 0 Å². The first-order valence-corrected chi connectivity index (χ1v) is 8.74. The van der Waals surface area contributed by atoms with Crippen molar-refractivity contribution in [3.8, 4) is 0 Å². The average Bonchev–Trinajstić information content (AvgIpc) is 2.61. The molecule has 2 rings (SSSR count). The molecule has 0 spiro atoms. The molecule has 0 bridgehead atoms. The summed E-state index contributed by atoms with van der Waals surface area (Å²) in [6, 6.07) is 14.2. The van der Waals surface area contributed by atoms with E-state index in [2.05, 4.69) is 10.6 Å². The molecule has 0 radical (unpaired) electrons. The second-order valence-electron chi connectivity index (χ2n) is 6.94. The van der Waals surface area contributed by atoms with Gasteiger partial charge in [-0.3, -0.25) is 9.59 Å². The van der Waals surface area contributed by atoms with Crippen LogP contribution in [0, 0.1) is 12.8 Å². The standard InChI is InChI=1S/C21H27N3O2/c1-14(2)19(23-20(25)16-9-7-6-8-10-16)21(26)22-18-12-11-17(24(4)5)13-15(18)3/h6-14,19H,1-5H3,(H,22,26)(H,23,25). The normalized spacial score (nSPS) is 11.8. The highest BCUT2D eigenvalue weighted by atomic mass is 16.2. The van der Waals surface area contributed by atoms with Crippen LogP contribution in [0.2, 0.25) is 0 Å². The Bertz CT molecular complexity index is 770. The van der Waals surface area contributed by atoms with Gasteiger partial charge in [0, 0.05) is 31.0 Å². The predicted octanol–water partition coefficient (Wildman–Crippen LogP) is 3.45. The Morgan fingerprint density at radius 1 is 1.00 bits per heavy atom. The molecule has 2 aromatic carbocycles. The number of hydrogen-bond donors (Lipinski definition) is 2. The van der Waals surface area contributed by atoms with Gasteiger partial charge in [0.1, 0.15) is 6.04 Å². The highest BCUT2D eigenvalue weighted by molar-refractivity contribution is 6.01. The van der Waals surface area contributed by atoms with Crippen molar-refractivity contribution in [3.05, 3.63) is 59.7 Å². The summed E-state index contributed by atoms with van der Waals surface area (Å²) in [7, 11) is 3.95. The van der Waals surface area contributed by atoms with Crippen LogP contribution >= 0.6 is 0 Å². The lowest BCUT2D eigenvalue weighted by Gasteiger charge is -2.23. The molecule has 0 heterocycles. The third-order valence-corrected chi connectivity index (χ3v) is 4.26. The predicted molar refractivity (Wildman–Crippen MR) is 107 cm³/mol. The van der Waals surface area contributed by atoms with E-state index in [0.29, 0.717) is 5.56 Å². The van der Waals surface area contributed by atoms with E-state index in [0.717, 1.165) is 16.9 Å². The minimum Gasteiger partial charge on any atom is -0.378 e. The number of carbonyl (C=O) groups excluding carboxylic acids is 2. The number of nitrogens with one attached hydrogen (secondary N) is 2. The molecule has 26 heavy (non-hydrogen) atoms. The van der Waals surface area contributed by atoms with Crippen LogP contribution < -0.4 is 15.5 Å². The van der Waals surface area contributed by atoms with E-state index in [4.69, 9.17) is 0 Å². The number of hydrogen-bond acceptors (Lipinski definition) is 3. The van der Waals surface area contributed by atoms with Crippen LogP contribution in [0.1, 0.15) is 29.8 Å². The molecule has 0 aromatic heterocycles. The molecule has 138 valence electrons. The summed E-state index contributed by atoms with van der Waals surface area (Å²) in [4.78, 5) is 27.2. The number of amides is 2. The fourth-order valence-electron chi connectivity index (χ4n) is 2.63. The molecule has 1 unspecified atom stereocenters. The van der Waals surface area contributed by atoms with E-state index in [1.165, 1.54) is 0 Å². The van der Waals surface area contributed by atoms with Crippen LogP contribution in [-0.2, 0) is 4.79 Å². The van der Waals surface area contributed by atoms with Crippen molar-refractivity contribution in [1.82, 2.24) is 5.32 Å². The van der Waals surface area contributed by atoms with Crippen LogP contribution in [-0.4, -0.2) is 32.0 Å². The van der Waals surface area contributed by atoms with E-state index in [1.54, 1.807) is 24.3 Å². The Hall–Kier alpha value is -2.82. The molecule has 2 amide bonds. The van der Waals surface area contributed by atoms with Gasteiger partial charge in [-0.2, -0.15) is 0 Å². The molecule has 0 fully saturated rings. The van der Waals surface area contributed by atoms with E-state index in [1.807, 2.05) is 64.0 Å². The Balaban J connectivity index is 2.12. The molecule has 1 atom stereocenters. The Morgan fingerprint density at radius 2 is 1.65 bits per heavy atom. The van der Waals surface area contributed by atoms with Crippen molar-refractivity contribution >= 4 is 23.2 Å². The second kappa shape index (κ2) is 8.52. The lowest BCUT2D eigenvalue weighted by atomic mass is 10.0. The van der Waals surface area contributed by atoms with Gasteiger partial charge in [-0.1, -0.05) is 32.0 Å². The molecule has 2 N–H and O–H groups in total. The van der Waals surface area contributed by atoms with Crippen molar-refractivity contribution in [2.75, 3.05) is 24.3 Å².